The topological polar surface area (TPSA) is 77.8 Å². The van der Waals surface area contributed by atoms with Crippen molar-refractivity contribution in [2.45, 2.75) is 51.9 Å². The van der Waals surface area contributed by atoms with E-state index >= 15 is 0 Å². The molecule has 1 saturated heterocycles. The number of ether oxygens (including phenoxy) is 2. The van der Waals surface area contributed by atoms with Gasteiger partial charge in [0, 0.05) is 18.8 Å². The highest BCUT2D eigenvalue weighted by Gasteiger charge is 2.28. The van der Waals surface area contributed by atoms with Gasteiger partial charge in [0.2, 0.25) is 0 Å². The lowest BCUT2D eigenvalue weighted by molar-refractivity contribution is -0.00234. The molecule has 8 heteroatoms. The number of hydrogen-bond acceptors (Lipinski definition) is 6. The molecular weight excluding hydrogens is 344 g/mol. The molecule has 2 aromatic rings. The SMILES string of the molecule is C[C@H](OC1CCNC1)c1c(C(=O)OC(C)(C)C)cnc2cc(Cl)nn12. The number of hydrogen-bond donors (Lipinski definition) is 1. The fraction of sp³-hybridized carbons (Fsp3) is 0.588. The Labute approximate surface area is 151 Å². The van der Waals surface area contributed by atoms with Crippen molar-refractivity contribution in [2.24, 2.45) is 0 Å². The Morgan fingerprint density at radius 2 is 2.24 bits per heavy atom. The average Bonchev–Trinajstić information content (AvgIpc) is 3.12. The fourth-order valence-electron chi connectivity index (χ4n) is 2.90. The largest absolute Gasteiger partial charge is 0.456 e. The van der Waals surface area contributed by atoms with Crippen molar-refractivity contribution in [2.75, 3.05) is 13.1 Å². The molecule has 1 unspecified atom stereocenters. The van der Waals surface area contributed by atoms with Gasteiger partial charge in [-0.3, -0.25) is 0 Å². The van der Waals surface area contributed by atoms with Crippen molar-refractivity contribution >= 4 is 23.2 Å². The van der Waals surface area contributed by atoms with Gasteiger partial charge in [-0.1, -0.05) is 11.6 Å². The van der Waals surface area contributed by atoms with E-state index in [1.807, 2.05) is 27.7 Å². The molecule has 0 spiro atoms. The lowest BCUT2D eigenvalue weighted by atomic mass is 10.1. The maximum Gasteiger partial charge on any atom is 0.342 e. The predicted octanol–water partition coefficient (Wildman–Crippen LogP) is 2.78. The zero-order chi connectivity index (χ0) is 18.2. The standard InChI is InChI=1S/C17H23ClN4O3/c1-10(24-11-5-6-19-8-11)15-12(16(23)25-17(2,3)4)9-20-14-7-13(18)21-22(14)15/h7,9-11,19H,5-6,8H2,1-4H3/t10-,11?/m0/s1. The third-order valence-corrected chi connectivity index (χ3v) is 4.09. The maximum absolute atomic E-state index is 12.7. The van der Waals surface area contributed by atoms with Crippen LogP contribution in [0.3, 0.4) is 0 Å². The molecule has 0 amide bonds. The molecule has 1 aliphatic heterocycles. The summed E-state index contributed by atoms with van der Waals surface area (Å²) in [6, 6.07) is 1.65. The Bertz CT molecular complexity index is 778. The average molecular weight is 367 g/mol. The summed E-state index contributed by atoms with van der Waals surface area (Å²) in [4.78, 5) is 16.9. The number of rotatable bonds is 4. The van der Waals surface area contributed by atoms with Crippen molar-refractivity contribution in [1.29, 1.82) is 0 Å². The lowest BCUT2D eigenvalue weighted by Crippen LogP contribution is -2.27. The van der Waals surface area contributed by atoms with Gasteiger partial charge >= 0.3 is 5.97 Å². The maximum atomic E-state index is 12.7. The third-order valence-electron chi connectivity index (χ3n) is 3.91. The van der Waals surface area contributed by atoms with Gasteiger partial charge in [-0.25, -0.2) is 14.3 Å². The number of nitrogens with zero attached hydrogens (tertiary/aromatic N) is 3. The van der Waals surface area contributed by atoms with E-state index in [2.05, 4.69) is 15.4 Å². The van der Waals surface area contributed by atoms with Crippen molar-refractivity contribution < 1.29 is 14.3 Å². The van der Waals surface area contributed by atoms with Crippen LogP contribution in [0.25, 0.3) is 5.65 Å². The number of aromatic nitrogens is 3. The second-order valence-electron chi connectivity index (χ2n) is 7.19. The van der Waals surface area contributed by atoms with Gasteiger partial charge in [0.15, 0.2) is 10.8 Å². The minimum Gasteiger partial charge on any atom is -0.456 e. The molecule has 0 saturated carbocycles. The number of carbonyl (C=O) groups is 1. The van der Waals surface area contributed by atoms with Gasteiger partial charge in [0.1, 0.15) is 11.2 Å². The van der Waals surface area contributed by atoms with Crippen LogP contribution >= 0.6 is 11.6 Å². The van der Waals surface area contributed by atoms with E-state index in [0.29, 0.717) is 22.1 Å². The zero-order valence-electron chi connectivity index (χ0n) is 14.9. The van der Waals surface area contributed by atoms with E-state index in [9.17, 15) is 4.79 Å². The fourth-order valence-corrected chi connectivity index (χ4v) is 3.08. The van der Waals surface area contributed by atoms with Gasteiger partial charge in [0.05, 0.1) is 17.9 Å². The number of halogens is 1. The predicted molar refractivity (Wildman–Crippen MR) is 93.9 cm³/mol. The molecule has 1 aliphatic rings. The first kappa shape index (κ1) is 18.1. The van der Waals surface area contributed by atoms with Crippen molar-refractivity contribution in [3.8, 4) is 0 Å². The first-order valence-corrected chi connectivity index (χ1v) is 8.76. The van der Waals surface area contributed by atoms with E-state index in [0.717, 1.165) is 19.5 Å². The second-order valence-corrected chi connectivity index (χ2v) is 7.58. The van der Waals surface area contributed by atoms with Crippen LogP contribution in [0.5, 0.6) is 0 Å². The molecule has 0 aromatic carbocycles. The molecule has 3 rings (SSSR count). The number of esters is 1. The van der Waals surface area contributed by atoms with Crippen LogP contribution in [-0.4, -0.2) is 45.4 Å². The molecular formula is C17H23ClN4O3. The van der Waals surface area contributed by atoms with Crippen LogP contribution in [-0.2, 0) is 9.47 Å². The highest BCUT2D eigenvalue weighted by Crippen LogP contribution is 2.27. The highest BCUT2D eigenvalue weighted by atomic mass is 35.5. The molecule has 0 aliphatic carbocycles. The van der Waals surface area contributed by atoms with Crippen molar-refractivity contribution in [3.63, 3.8) is 0 Å². The molecule has 7 nitrogen and oxygen atoms in total. The quantitative estimate of drug-likeness (QED) is 0.838. The van der Waals surface area contributed by atoms with Crippen LogP contribution in [0.15, 0.2) is 12.3 Å². The first-order chi connectivity index (χ1) is 11.7. The van der Waals surface area contributed by atoms with Crippen LogP contribution in [0.2, 0.25) is 5.15 Å². The van der Waals surface area contributed by atoms with Crippen LogP contribution < -0.4 is 5.32 Å². The summed E-state index contributed by atoms with van der Waals surface area (Å²) in [7, 11) is 0. The zero-order valence-corrected chi connectivity index (χ0v) is 15.6. The summed E-state index contributed by atoms with van der Waals surface area (Å²) < 4.78 is 13.2. The van der Waals surface area contributed by atoms with E-state index in [1.165, 1.54) is 6.20 Å². The van der Waals surface area contributed by atoms with E-state index in [4.69, 9.17) is 21.1 Å². The number of nitrogens with one attached hydrogen (secondary N) is 1. The molecule has 136 valence electrons. The molecule has 2 atom stereocenters. The van der Waals surface area contributed by atoms with Gasteiger partial charge < -0.3 is 14.8 Å². The minimum absolute atomic E-state index is 0.0933. The summed E-state index contributed by atoms with van der Waals surface area (Å²) in [6.45, 7) is 9.09. The molecule has 0 bridgehead atoms. The molecule has 0 radical (unpaired) electrons. The minimum atomic E-state index is -0.607. The monoisotopic (exact) mass is 366 g/mol. The van der Waals surface area contributed by atoms with Crippen LogP contribution in [0.4, 0.5) is 0 Å². The van der Waals surface area contributed by atoms with Crippen molar-refractivity contribution in [1.82, 2.24) is 19.9 Å². The Morgan fingerprint density at radius 3 is 2.88 bits per heavy atom. The molecule has 25 heavy (non-hydrogen) atoms. The van der Waals surface area contributed by atoms with Crippen molar-refractivity contribution in [3.05, 3.63) is 28.7 Å². The Morgan fingerprint density at radius 1 is 1.48 bits per heavy atom. The Hall–Kier alpha value is -1.70. The summed E-state index contributed by atoms with van der Waals surface area (Å²) in [5.41, 5.74) is 0.885. The van der Waals surface area contributed by atoms with Gasteiger partial charge in [-0.05, 0) is 40.7 Å². The molecule has 2 aromatic heterocycles. The van der Waals surface area contributed by atoms with Crippen LogP contribution in [0, 0.1) is 0 Å². The van der Waals surface area contributed by atoms with Crippen LogP contribution in [0.1, 0.15) is 56.3 Å². The van der Waals surface area contributed by atoms with Gasteiger partial charge in [0.25, 0.3) is 0 Å². The molecule has 3 heterocycles. The lowest BCUT2D eigenvalue weighted by Gasteiger charge is -2.23. The Balaban J connectivity index is 2.01. The van der Waals surface area contributed by atoms with Gasteiger partial charge in [-0.2, -0.15) is 5.10 Å². The first-order valence-electron chi connectivity index (χ1n) is 8.38. The molecule has 1 fully saturated rings. The summed E-state index contributed by atoms with van der Waals surface area (Å²) in [5, 5.41) is 7.84. The smallest absolute Gasteiger partial charge is 0.342 e. The summed E-state index contributed by atoms with van der Waals surface area (Å²) >= 11 is 6.03. The Kier molecular flexibility index (Phi) is 4.99. The van der Waals surface area contributed by atoms with E-state index < -0.39 is 11.6 Å². The third kappa shape index (κ3) is 4.11. The van der Waals surface area contributed by atoms with E-state index in [-0.39, 0.29) is 12.2 Å². The van der Waals surface area contributed by atoms with E-state index in [1.54, 1.807) is 10.6 Å². The summed E-state index contributed by atoms with van der Waals surface area (Å²) in [6.07, 6.45) is 2.16. The second kappa shape index (κ2) is 6.90. The molecule has 1 N–H and O–H groups in total. The number of fused-ring (bicyclic) bond motifs is 1. The normalized spacial score (nSPS) is 19.3. The van der Waals surface area contributed by atoms with Gasteiger partial charge in [-0.15, -0.1) is 0 Å². The number of carbonyl (C=O) groups excluding carboxylic acids is 1. The summed E-state index contributed by atoms with van der Waals surface area (Å²) in [5.74, 6) is -0.455. The highest BCUT2D eigenvalue weighted by molar-refractivity contribution is 6.29.